The summed E-state index contributed by atoms with van der Waals surface area (Å²) in [5.74, 6) is -0.501. The SMILES string of the molecule is C=C(NNC(=O)c1cccc(S(=O)(=O)Nc2ccc(C)cc2C)c1)c1ccc(Cl)cc1. The van der Waals surface area contributed by atoms with Crippen molar-refractivity contribution in [2.45, 2.75) is 18.7 Å². The summed E-state index contributed by atoms with van der Waals surface area (Å²) >= 11 is 5.87. The molecule has 6 nitrogen and oxygen atoms in total. The second kappa shape index (κ2) is 9.24. The highest BCUT2D eigenvalue weighted by molar-refractivity contribution is 7.92. The molecule has 0 atom stereocenters. The number of halogens is 1. The van der Waals surface area contributed by atoms with Crippen molar-refractivity contribution in [1.82, 2.24) is 10.9 Å². The van der Waals surface area contributed by atoms with Gasteiger partial charge in [0.1, 0.15) is 0 Å². The first-order chi connectivity index (χ1) is 14.7. The summed E-state index contributed by atoms with van der Waals surface area (Å²) in [5.41, 5.74) is 8.97. The Kier molecular flexibility index (Phi) is 6.68. The van der Waals surface area contributed by atoms with Gasteiger partial charge in [0.05, 0.1) is 16.3 Å². The van der Waals surface area contributed by atoms with Crippen molar-refractivity contribution in [2.24, 2.45) is 0 Å². The van der Waals surface area contributed by atoms with Gasteiger partial charge in [-0.1, -0.05) is 54.1 Å². The highest BCUT2D eigenvalue weighted by atomic mass is 35.5. The van der Waals surface area contributed by atoms with Crippen LogP contribution >= 0.6 is 11.6 Å². The van der Waals surface area contributed by atoms with Crippen molar-refractivity contribution in [3.8, 4) is 0 Å². The summed E-state index contributed by atoms with van der Waals surface area (Å²) < 4.78 is 28.2. The van der Waals surface area contributed by atoms with E-state index < -0.39 is 15.9 Å². The Hall–Kier alpha value is -3.29. The van der Waals surface area contributed by atoms with Gasteiger partial charge in [0.15, 0.2) is 0 Å². The molecule has 0 heterocycles. The van der Waals surface area contributed by atoms with Gasteiger partial charge in [-0.05, 0) is 61.4 Å². The van der Waals surface area contributed by atoms with E-state index in [0.29, 0.717) is 16.4 Å². The number of sulfonamides is 1. The van der Waals surface area contributed by atoms with Gasteiger partial charge in [-0.25, -0.2) is 8.42 Å². The first kappa shape index (κ1) is 22.4. The maximum atomic E-state index is 12.8. The lowest BCUT2D eigenvalue weighted by Crippen LogP contribution is -2.35. The van der Waals surface area contributed by atoms with Crippen molar-refractivity contribution in [1.29, 1.82) is 0 Å². The van der Waals surface area contributed by atoms with E-state index in [1.54, 1.807) is 30.3 Å². The minimum Gasteiger partial charge on any atom is -0.298 e. The number of anilines is 1. The molecule has 3 N–H and O–H groups in total. The summed E-state index contributed by atoms with van der Waals surface area (Å²) in [7, 11) is -3.86. The molecule has 0 saturated heterocycles. The quantitative estimate of drug-likeness (QED) is 0.452. The van der Waals surface area contributed by atoms with Crippen LogP contribution in [0.5, 0.6) is 0 Å². The average Bonchev–Trinajstić information content (AvgIpc) is 2.74. The molecule has 0 unspecified atom stereocenters. The number of amides is 1. The summed E-state index contributed by atoms with van der Waals surface area (Å²) in [5, 5.41) is 0.591. The second-order valence-corrected chi connectivity index (χ2v) is 9.14. The molecular formula is C23H22ClN3O3S. The lowest BCUT2D eigenvalue weighted by atomic mass is 10.1. The van der Waals surface area contributed by atoms with Crippen LogP contribution in [0.1, 0.15) is 27.0 Å². The Morgan fingerprint density at radius 2 is 1.61 bits per heavy atom. The van der Waals surface area contributed by atoms with Crippen LogP contribution in [-0.4, -0.2) is 14.3 Å². The molecule has 3 aromatic rings. The molecule has 3 rings (SSSR count). The number of rotatable bonds is 7. The number of nitrogens with one attached hydrogen (secondary N) is 3. The molecule has 160 valence electrons. The van der Waals surface area contributed by atoms with Crippen LogP contribution in [0.15, 0.2) is 78.2 Å². The molecule has 8 heteroatoms. The third-order valence-electron chi connectivity index (χ3n) is 4.55. The number of hydrogen-bond donors (Lipinski definition) is 3. The zero-order valence-electron chi connectivity index (χ0n) is 17.1. The number of carbonyl (C=O) groups is 1. The van der Waals surface area contributed by atoms with Crippen molar-refractivity contribution < 1.29 is 13.2 Å². The molecule has 0 bridgehead atoms. The van der Waals surface area contributed by atoms with Gasteiger partial charge in [-0.2, -0.15) is 0 Å². The number of carbonyl (C=O) groups excluding carboxylic acids is 1. The second-order valence-electron chi connectivity index (χ2n) is 7.02. The van der Waals surface area contributed by atoms with Crippen LogP contribution in [0.3, 0.4) is 0 Å². The lowest BCUT2D eigenvalue weighted by molar-refractivity contribution is 0.0942. The maximum absolute atomic E-state index is 12.8. The summed E-state index contributed by atoms with van der Waals surface area (Å²) in [6, 6.07) is 18.2. The van der Waals surface area contributed by atoms with Gasteiger partial charge in [-0.15, -0.1) is 0 Å². The summed E-state index contributed by atoms with van der Waals surface area (Å²) in [6.45, 7) is 7.62. The van der Waals surface area contributed by atoms with Crippen molar-refractivity contribution in [3.05, 3.63) is 101 Å². The third-order valence-corrected chi connectivity index (χ3v) is 6.17. The van der Waals surface area contributed by atoms with E-state index in [1.165, 1.54) is 24.3 Å². The van der Waals surface area contributed by atoms with Crippen LogP contribution in [0, 0.1) is 13.8 Å². The Morgan fingerprint density at radius 1 is 0.903 bits per heavy atom. The fourth-order valence-corrected chi connectivity index (χ4v) is 4.17. The van der Waals surface area contributed by atoms with Crippen LogP contribution in [0.2, 0.25) is 5.02 Å². The Morgan fingerprint density at radius 3 is 2.29 bits per heavy atom. The van der Waals surface area contributed by atoms with E-state index in [9.17, 15) is 13.2 Å². The molecule has 0 fully saturated rings. The minimum absolute atomic E-state index is 0.0170. The van der Waals surface area contributed by atoms with E-state index in [2.05, 4.69) is 22.2 Å². The summed E-state index contributed by atoms with van der Waals surface area (Å²) in [6.07, 6.45) is 0. The zero-order valence-corrected chi connectivity index (χ0v) is 18.6. The molecule has 0 spiro atoms. The van der Waals surface area contributed by atoms with Gasteiger partial charge in [0.2, 0.25) is 0 Å². The van der Waals surface area contributed by atoms with Gasteiger partial charge >= 0.3 is 0 Å². The minimum atomic E-state index is -3.86. The third kappa shape index (κ3) is 5.65. The molecular weight excluding hydrogens is 434 g/mol. The Labute approximate surface area is 187 Å². The molecule has 0 aliphatic heterocycles. The molecule has 0 aliphatic carbocycles. The molecule has 31 heavy (non-hydrogen) atoms. The molecule has 0 radical (unpaired) electrons. The first-order valence-corrected chi connectivity index (χ1v) is 11.2. The highest BCUT2D eigenvalue weighted by Gasteiger charge is 2.17. The largest absolute Gasteiger partial charge is 0.298 e. The normalized spacial score (nSPS) is 10.9. The van der Waals surface area contributed by atoms with Gasteiger partial charge in [-0.3, -0.25) is 20.4 Å². The van der Waals surface area contributed by atoms with Crippen LogP contribution < -0.4 is 15.6 Å². The smallest absolute Gasteiger partial charge is 0.269 e. The monoisotopic (exact) mass is 455 g/mol. The van der Waals surface area contributed by atoms with Crippen LogP contribution in [-0.2, 0) is 10.0 Å². The predicted octanol–water partition coefficient (Wildman–Crippen LogP) is 4.66. The molecule has 3 aromatic carbocycles. The van der Waals surface area contributed by atoms with Gasteiger partial charge in [0, 0.05) is 10.6 Å². The summed E-state index contributed by atoms with van der Waals surface area (Å²) in [4.78, 5) is 12.5. The Balaban J connectivity index is 1.71. The molecule has 1 amide bonds. The molecule has 0 saturated carbocycles. The first-order valence-electron chi connectivity index (χ1n) is 9.37. The average molecular weight is 456 g/mol. The molecule has 0 aromatic heterocycles. The van der Waals surface area contributed by atoms with E-state index in [1.807, 2.05) is 26.0 Å². The van der Waals surface area contributed by atoms with Gasteiger partial charge in [0.25, 0.3) is 15.9 Å². The van der Waals surface area contributed by atoms with E-state index in [4.69, 9.17) is 11.6 Å². The van der Waals surface area contributed by atoms with Crippen LogP contribution in [0.25, 0.3) is 5.70 Å². The van der Waals surface area contributed by atoms with Crippen molar-refractivity contribution >= 4 is 38.9 Å². The van der Waals surface area contributed by atoms with E-state index in [0.717, 1.165) is 16.7 Å². The fourth-order valence-electron chi connectivity index (χ4n) is 2.86. The lowest BCUT2D eigenvalue weighted by Gasteiger charge is -2.13. The standard InChI is InChI=1S/C23H22ClN3O3S/c1-15-7-12-22(16(2)13-15)27-31(29,30)21-6-4-5-19(14-21)23(28)26-25-17(3)18-8-10-20(24)11-9-18/h4-14,25,27H,3H2,1-2H3,(H,26,28). The molecule has 0 aliphatic rings. The number of benzene rings is 3. The highest BCUT2D eigenvalue weighted by Crippen LogP contribution is 2.21. The number of hydrazine groups is 1. The van der Waals surface area contributed by atoms with E-state index in [-0.39, 0.29) is 10.5 Å². The fraction of sp³-hybridized carbons (Fsp3) is 0.0870. The van der Waals surface area contributed by atoms with Crippen molar-refractivity contribution in [3.63, 3.8) is 0 Å². The number of hydrogen-bond acceptors (Lipinski definition) is 4. The number of aryl methyl sites for hydroxylation is 2. The predicted molar refractivity (Wildman–Crippen MR) is 124 cm³/mol. The Bertz CT molecular complexity index is 1240. The maximum Gasteiger partial charge on any atom is 0.269 e. The topological polar surface area (TPSA) is 87.3 Å². The van der Waals surface area contributed by atoms with Crippen LogP contribution in [0.4, 0.5) is 5.69 Å². The van der Waals surface area contributed by atoms with Crippen molar-refractivity contribution in [2.75, 3.05) is 4.72 Å². The van der Waals surface area contributed by atoms with E-state index >= 15 is 0 Å². The van der Waals surface area contributed by atoms with Gasteiger partial charge < -0.3 is 0 Å². The zero-order chi connectivity index (χ0) is 22.6.